The largest absolute Gasteiger partial charge is 0.326 e. The molecule has 20 heavy (non-hydrogen) atoms. The number of benzene rings is 1. The Morgan fingerprint density at radius 1 is 1.30 bits per heavy atom. The van der Waals surface area contributed by atoms with Gasteiger partial charge in [-0.2, -0.15) is 0 Å². The molecule has 1 aliphatic rings. The number of carbonyl (C=O) groups excluding carboxylic acids is 1. The van der Waals surface area contributed by atoms with Crippen molar-refractivity contribution in [3.05, 3.63) is 23.8 Å². The van der Waals surface area contributed by atoms with Gasteiger partial charge < -0.3 is 5.32 Å². The van der Waals surface area contributed by atoms with Crippen LogP contribution >= 0.6 is 0 Å². The molecule has 1 aromatic rings. The van der Waals surface area contributed by atoms with E-state index in [9.17, 15) is 13.2 Å². The smallest absolute Gasteiger partial charge is 0.240 e. The molecule has 0 atom stereocenters. The zero-order valence-electron chi connectivity index (χ0n) is 12.1. The molecule has 0 saturated heterocycles. The maximum absolute atomic E-state index is 12.2. The van der Waals surface area contributed by atoms with Gasteiger partial charge in [0.2, 0.25) is 15.9 Å². The van der Waals surface area contributed by atoms with Crippen molar-refractivity contribution in [2.75, 3.05) is 5.32 Å². The van der Waals surface area contributed by atoms with E-state index in [-0.39, 0.29) is 22.3 Å². The second kappa shape index (κ2) is 4.86. The minimum absolute atomic E-state index is 0.0431. The Labute approximate surface area is 119 Å². The van der Waals surface area contributed by atoms with E-state index in [1.165, 1.54) is 6.07 Å². The van der Waals surface area contributed by atoms with Crippen molar-refractivity contribution in [3.63, 3.8) is 0 Å². The van der Waals surface area contributed by atoms with E-state index < -0.39 is 10.0 Å². The number of hydrogen-bond donors (Lipinski definition) is 2. The first-order valence-corrected chi connectivity index (χ1v) is 8.07. The summed E-state index contributed by atoms with van der Waals surface area (Å²) in [5.41, 5.74) is 1.17. The van der Waals surface area contributed by atoms with Gasteiger partial charge in [-0.3, -0.25) is 4.79 Å². The lowest BCUT2D eigenvalue weighted by atomic mass is 9.78. The predicted molar refractivity (Wildman–Crippen MR) is 78.2 cm³/mol. The van der Waals surface area contributed by atoms with Crippen LogP contribution in [0.4, 0.5) is 5.69 Å². The van der Waals surface area contributed by atoms with Gasteiger partial charge in [-0.15, -0.1) is 0 Å². The monoisotopic (exact) mass is 296 g/mol. The molecule has 1 aliphatic heterocycles. The van der Waals surface area contributed by atoms with Gasteiger partial charge in [0.25, 0.3) is 0 Å². The molecule has 1 heterocycles. The van der Waals surface area contributed by atoms with E-state index in [1.807, 2.05) is 13.8 Å². The molecule has 110 valence electrons. The maximum atomic E-state index is 12.2. The van der Waals surface area contributed by atoms with E-state index in [0.29, 0.717) is 12.1 Å². The molecule has 2 rings (SSSR count). The molecule has 0 fully saturated rings. The van der Waals surface area contributed by atoms with E-state index in [1.54, 1.807) is 26.0 Å². The number of fused-ring (bicyclic) bond motifs is 1. The summed E-state index contributed by atoms with van der Waals surface area (Å²) >= 11 is 0. The fraction of sp³-hybridized carbons (Fsp3) is 0.500. The van der Waals surface area contributed by atoms with E-state index in [2.05, 4.69) is 10.0 Å². The van der Waals surface area contributed by atoms with Crippen molar-refractivity contribution in [2.24, 2.45) is 0 Å². The average Bonchev–Trinajstić information content (AvgIpc) is 2.25. The van der Waals surface area contributed by atoms with Crippen LogP contribution in [-0.4, -0.2) is 20.4 Å². The second-order valence-corrected chi connectivity index (χ2v) is 7.81. The number of carbonyl (C=O) groups is 1. The number of sulfonamides is 1. The predicted octanol–water partition coefficient (Wildman–Crippen LogP) is 1.99. The average molecular weight is 296 g/mol. The van der Waals surface area contributed by atoms with Crippen LogP contribution in [0.2, 0.25) is 0 Å². The van der Waals surface area contributed by atoms with Gasteiger partial charge in [0.1, 0.15) is 0 Å². The number of anilines is 1. The quantitative estimate of drug-likeness (QED) is 0.895. The molecular formula is C14H20N2O3S. The summed E-state index contributed by atoms with van der Waals surface area (Å²) in [4.78, 5) is 11.9. The minimum atomic E-state index is -3.52. The topological polar surface area (TPSA) is 75.3 Å². The first-order valence-electron chi connectivity index (χ1n) is 6.58. The SMILES string of the molecule is CC(C)NS(=O)(=O)c1ccc2c(c1)C(C)(C)CC(=O)N2. The first kappa shape index (κ1) is 15.0. The molecule has 0 saturated carbocycles. The number of rotatable bonds is 3. The van der Waals surface area contributed by atoms with Gasteiger partial charge in [-0.05, 0) is 37.6 Å². The Kier molecular flexibility index (Phi) is 3.64. The summed E-state index contributed by atoms with van der Waals surface area (Å²) in [6, 6.07) is 4.66. The minimum Gasteiger partial charge on any atom is -0.326 e. The standard InChI is InChI=1S/C14H20N2O3S/c1-9(2)16-20(18,19)10-5-6-12-11(7-10)14(3,4)8-13(17)15-12/h5-7,9,16H,8H2,1-4H3,(H,15,17). The highest BCUT2D eigenvalue weighted by molar-refractivity contribution is 7.89. The van der Waals surface area contributed by atoms with Gasteiger partial charge in [-0.25, -0.2) is 13.1 Å². The Morgan fingerprint density at radius 2 is 1.95 bits per heavy atom. The first-order chi connectivity index (χ1) is 9.12. The molecular weight excluding hydrogens is 276 g/mol. The summed E-state index contributed by atoms with van der Waals surface area (Å²) in [6.45, 7) is 7.44. The van der Waals surface area contributed by atoms with Crippen LogP contribution in [0.5, 0.6) is 0 Å². The lowest BCUT2D eigenvalue weighted by molar-refractivity contribution is -0.117. The second-order valence-electron chi connectivity index (χ2n) is 6.09. The molecule has 6 heteroatoms. The Hall–Kier alpha value is -1.40. The molecule has 0 radical (unpaired) electrons. The molecule has 5 nitrogen and oxygen atoms in total. The molecule has 0 bridgehead atoms. The van der Waals surface area contributed by atoms with Crippen molar-refractivity contribution in [1.82, 2.24) is 4.72 Å². The Bertz CT molecular complexity index is 648. The Balaban J connectivity index is 2.50. The fourth-order valence-electron chi connectivity index (χ4n) is 2.43. The molecule has 0 aromatic heterocycles. The normalized spacial score (nSPS) is 17.8. The van der Waals surface area contributed by atoms with Crippen molar-refractivity contribution in [2.45, 2.75) is 50.5 Å². The van der Waals surface area contributed by atoms with Crippen molar-refractivity contribution in [1.29, 1.82) is 0 Å². The molecule has 1 aromatic carbocycles. The van der Waals surface area contributed by atoms with Crippen LogP contribution < -0.4 is 10.0 Å². The highest BCUT2D eigenvalue weighted by Crippen LogP contribution is 2.38. The van der Waals surface area contributed by atoms with Crippen molar-refractivity contribution < 1.29 is 13.2 Å². The van der Waals surface area contributed by atoms with Gasteiger partial charge in [-0.1, -0.05) is 13.8 Å². The van der Waals surface area contributed by atoms with E-state index in [0.717, 1.165) is 5.56 Å². The third-order valence-electron chi connectivity index (χ3n) is 3.30. The summed E-state index contributed by atoms with van der Waals surface area (Å²) in [7, 11) is -3.52. The van der Waals surface area contributed by atoms with Crippen LogP contribution in [0.1, 0.15) is 39.7 Å². The molecule has 0 unspecified atom stereocenters. The van der Waals surface area contributed by atoms with Crippen molar-refractivity contribution in [3.8, 4) is 0 Å². The lowest BCUT2D eigenvalue weighted by Gasteiger charge is -2.32. The molecule has 1 amide bonds. The van der Waals surface area contributed by atoms with Gasteiger partial charge in [0.05, 0.1) is 4.90 Å². The van der Waals surface area contributed by atoms with Crippen LogP contribution in [0, 0.1) is 0 Å². The van der Waals surface area contributed by atoms with Crippen LogP contribution in [0.15, 0.2) is 23.1 Å². The third kappa shape index (κ3) is 2.86. The number of hydrogen-bond acceptors (Lipinski definition) is 3. The van der Waals surface area contributed by atoms with Gasteiger partial charge >= 0.3 is 0 Å². The summed E-state index contributed by atoms with van der Waals surface area (Å²) in [5, 5.41) is 2.78. The molecule has 2 N–H and O–H groups in total. The number of amides is 1. The summed E-state index contributed by atoms with van der Waals surface area (Å²) < 4.78 is 27.0. The van der Waals surface area contributed by atoms with Crippen molar-refractivity contribution >= 4 is 21.6 Å². The van der Waals surface area contributed by atoms with Gasteiger partial charge in [0, 0.05) is 23.6 Å². The van der Waals surface area contributed by atoms with Crippen LogP contribution in [0.25, 0.3) is 0 Å². The molecule has 0 aliphatic carbocycles. The summed E-state index contributed by atoms with van der Waals surface area (Å²) in [5.74, 6) is -0.0431. The van der Waals surface area contributed by atoms with E-state index >= 15 is 0 Å². The zero-order valence-corrected chi connectivity index (χ0v) is 13.0. The van der Waals surface area contributed by atoms with Gasteiger partial charge in [0.15, 0.2) is 0 Å². The van der Waals surface area contributed by atoms with Crippen LogP contribution in [0.3, 0.4) is 0 Å². The zero-order chi connectivity index (χ0) is 15.1. The fourth-order valence-corrected chi connectivity index (χ4v) is 3.71. The number of nitrogens with one attached hydrogen (secondary N) is 2. The third-order valence-corrected chi connectivity index (χ3v) is 4.95. The summed E-state index contributed by atoms with van der Waals surface area (Å²) in [6.07, 6.45) is 0.348. The maximum Gasteiger partial charge on any atom is 0.240 e. The Morgan fingerprint density at radius 3 is 2.55 bits per heavy atom. The molecule has 0 spiro atoms. The van der Waals surface area contributed by atoms with Crippen LogP contribution in [-0.2, 0) is 20.2 Å². The highest BCUT2D eigenvalue weighted by atomic mass is 32.2. The highest BCUT2D eigenvalue weighted by Gasteiger charge is 2.33. The lowest BCUT2D eigenvalue weighted by Crippen LogP contribution is -2.34. The van der Waals surface area contributed by atoms with E-state index in [4.69, 9.17) is 0 Å².